The number of aryl methyl sites for hydroxylation is 1. The van der Waals surface area contributed by atoms with Crippen LogP contribution in [0.2, 0.25) is 0 Å². The summed E-state index contributed by atoms with van der Waals surface area (Å²) in [5.41, 5.74) is 4.22. The molecule has 132 valence electrons. The number of anilines is 1. The monoisotopic (exact) mass is 364 g/mol. The standard InChI is InChI=1S/C20H20N4OS/c1-13-11-22-19-18(21-12-15-8-5-9-25-15)23-16-10-17(26-20(16)24(13)19)14-6-3-2-4-7-14/h2-4,6-7,10-11,15H,5,8-9,12H2,1H3,(H,21,23). The Kier molecular flexibility index (Phi) is 3.87. The van der Waals surface area contributed by atoms with E-state index in [2.05, 4.69) is 52.0 Å². The fourth-order valence-electron chi connectivity index (χ4n) is 3.52. The number of ether oxygens (including phenoxy) is 1. The van der Waals surface area contributed by atoms with E-state index in [0.717, 1.165) is 53.5 Å². The molecule has 3 aromatic heterocycles. The van der Waals surface area contributed by atoms with Gasteiger partial charge in [-0.15, -0.1) is 11.3 Å². The zero-order chi connectivity index (χ0) is 17.5. The molecule has 5 rings (SSSR count). The van der Waals surface area contributed by atoms with Gasteiger partial charge in [0.15, 0.2) is 11.5 Å². The summed E-state index contributed by atoms with van der Waals surface area (Å²) >= 11 is 1.76. The summed E-state index contributed by atoms with van der Waals surface area (Å²) in [6.45, 7) is 3.72. The number of benzene rings is 1. The Labute approximate surface area is 155 Å². The summed E-state index contributed by atoms with van der Waals surface area (Å²) in [6.07, 6.45) is 4.43. The van der Waals surface area contributed by atoms with Crippen molar-refractivity contribution in [2.75, 3.05) is 18.5 Å². The average molecular weight is 364 g/mol. The summed E-state index contributed by atoms with van der Waals surface area (Å²) in [5, 5.41) is 3.47. The van der Waals surface area contributed by atoms with E-state index in [1.807, 2.05) is 12.3 Å². The lowest BCUT2D eigenvalue weighted by molar-refractivity contribution is 0.120. The number of rotatable bonds is 4. The molecule has 1 unspecified atom stereocenters. The smallest absolute Gasteiger partial charge is 0.181 e. The lowest BCUT2D eigenvalue weighted by Gasteiger charge is -2.12. The van der Waals surface area contributed by atoms with Crippen molar-refractivity contribution in [2.45, 2.75) is 25.9 Å². The molecule has 1 aromatic carbocycles. The van der Waals surface area contributed by atoms with Crippen LogP contribution in [0.3, 0.4) is 0 Å². The lowest BCUT2D eigenvalue weighted by atomic mass is 10.2. The van der Waals surface area contributed by atoms with Crippen molar-refractivity contribution in [1.82, 2.24) is 14.4 Å². The molecular formula is C20H20N4OS. The number of hydrogen-bond donors (Lipinski definition) is 1. The Morgan fingerprint density at radius 1 is 1.31 bits per heavy atom. The third-order valence-corrected chi connectivity index (χ3v) is 6.02. The fraction of sp³-hybridized carbons (Fsp3) is 0.300. The first-order valence-corrected chi connectivity index (χ1v) is 9.80. The maximum atomic E-state index is 5.73. The first kappa shape index (κ1) is 15.8. The zero-order valence-corrected chi connectivity index (χ0v) is 15.4. The molecule has 4 heterocycles. The Morgan fingerprint density at radius 3 is 3.00 bits per heavy atom. The van der Waals surface area contributed by atoms with Crippen molar-refractivity contribution < 1.29 is 4.74 Å². The van der Waals surface area contributed by atoms with Crippen LogP contribution >= 0.6 is 11.3 Å². The number of aromatic nitrogens is 3. The molecule has 26 heavy (non-hydrogen) atoms. The molecule has 4 aromatic rings. The van der Waals surface area contributed by atoms with Crippen LogP contribution in [0.5, 0.6) is 0 Å². The maximum absolute atomic E-state index is 5.73. The highest BCUT2D eigenvalue weighted by Crippen LogP contribution is 2.35. The predicted molar refractivity (Wildman–Crippen MR) is 106 cm³/mol. The molecule has 1 N–H and O–H groups in total. The van der Waals surface area contributed by atoms with E-state index < -0.39 is 0 Å². The Hall–Kier alpha value is -2.44. The third kappa shape index (κ3) is 2.66. The molecule has 0 spiro atoms. The van der Waals surface area contributed by atoms with Gasteiger partial charge in [0.2, 0.25) is 0 Å². The van der Waals surface area contributed by atoms with E-state index in [1.165, 1.54) is 10.4 Å². The highest BCUT2D eigenvalue weighted by atomic mass is 32.1. The number of fused-ring (bicyclic) bond motifs is 3. The van der Waals surface area contributed by atoms with Crippen LogP contribution in [0, 0.1) is 6.92 Å². The summed E-state index contributed by atoms with van der Waals surface area (Å²) in [5.74, 6) is 0.832. The zero-order valence-electron chi connectivity index (χ0n) is 14.6. The summed E-state index contributed by atoms with van der Waals surface area (Å²) < 4.78 is 7.93. The van der Waals surface area contributed by atoms with Gasteiger partial charge in [0.25, 0.3) is 0 Å². The maximum Gasteiger partial charge on any atom is 0.181 e. The van der Waals surface area contributed by atoms with Gasteiger partial charge in [-0.2, -0.15) is 0 Å². The number of hydrogen-bond acceptors (Lipinski definition) is 5. The average Bonchev–Trinajstić information content (AvgIpc) is 3.40. The molecular weight excluding hydrogens is 344 g/mol. The summed E-state index contributed by atoms with van der Waals surface area (Å²) in [4.78, 5) is 11.8. The first-order chi connectivity index (χ1) is 12.8. The molecule has 0 bridgehead atoms. The normalized spacial score (nSPS) is 17.3. The van der Waals surface area contributed by atoms with Gasteiger partial charge in [0, 0.05) is 29.9 Å². The molecule has 1 fully saturated rings. The topological polar surface area (TPSA) is 51.5 Å². The largest absolute Gasteiger partial charge is 0.376 e. The van der Waals surface area contributed by atoms with Gasteiger partial charge < -0.3 is 10.1 Å². The van der Waals surface area contributed by atoms with Crippen molar-refractivity contribution in [3.8, 4) is 10.4 Å². The molecule has 1 saturated heterocycles. The minimum absolute atomic E-state index is 0.269. The van der Waals surface area contributed by atoms with Crippen LogP contribution < -0.4 is 5.32 Å². The van der Waals surface area contributed by atoms with Crippen molar-refractivity contribution in [3.05, 3.63) is 48.3 Å². The third-order valence-electron chi connectivity index (χ3n) is 4.86. The van der Waals surface area contributed by atoms with Crippen molar-refractivity contribution in [3.63, 3.8) is 0 Å². The lowest BCUT2D eigenvalue weighted by Crippen LogP contribution is -2.19. The van der Waals surface area contributed by atoms with Crippen LogP contribution in [-0.4, -0.2) is 33.6 Å². The quantitative estimate of drug-likeness (QED) is 0.579. The van der Waals surface area contributed by atoms with Crippen LogP contribution in [-0.2, 0) is 4.74 Å². The van der Waals surface area contributed by atoms with Crippen LogP contribution in [0.4, 0.5) is 5.82 Å². The molecule has 5 nitrogen and oxygen atoms in total. The van der Waals surface area contributed by atoms with Gasteiger partial charge in [-0.05, 0) is 31.4 Å². The molecule has 1 atom stereocenters. The van der Waals surface area contributed by atoms with Gasteiger partial charge in [-0.1, -0.05) is 30.3 Å². The van der Waals surface area contributed by atoms with Crippen molar-refractivity contribution >= 4 is 33.1 Å². The molecule has 0 saturated carbocycles. The molecule has 0 aliphatic carbocycles. The predicted octanol–water partition coefficient (Wildman–Crippen LogP) is 4.51. The second kappa shape index (κ2) is 6.37. The van der Waals surface area contributed by atoms with Gasteiger partial charge >= 0.3 is 0 Å². The van der Waals surface area contributed by atoms with E-state index in [1.54, 1.807) is 11.3 Å². The van der Waals surface area contributed by atoms with Gasteiger partial charge in [0.1, 0.15) is 10.3 Å². The molecule has 0 radical (unpaired) electrons. The van der Waals surface area contributed by atoms with Gasteiger partial charge in [0.05, 0.1) is 6.10 Å². The van der Waals surface area contributed by atoms with Gasteiger partial charge in [-0.25, -0.2) is 9.97 Å². The number of thiophene rings is 1. The SMILES string of the molecule is Cc1cnc2c(NCC3CCCO3)nc3cc(-c4ccccc4)sc3n12. The molecule has 0 amide bonds. The summed E-state index contributed by atoms with van der Waals surface area (Å²) in [6, 6.07) is 12.6. The van der Waals surface area contributed by atoms with E-state index in [0.29, 0.717) is 0 Å². The van der Waals surface area contributed by atoms with Gasteiger partial charge in [-0.3, -0.25) is 4.40 Å². The second-order valence-corrected chi connectivity index (χ2v) is 7.73. The second-order valence-electron chi connectivity index (χ2n) is 6.70. The summed E-state index contributed by atoms with van der Waals surface area (Å²) in [7, 11) is 0. The van der Waals surface area contributed by atoms with Crippen LogP contribution in [0.15, 0.2) is 42.6 Å². The Morgan fingerprint density at radius 2 is 2.19 bits per heavy atom. The van der Waals surface area contributed by atoms with E-state index in [4.69, 9.17) is 9.72 Å². The minimum Gasteiger partial charge on any atom is -0.376 e. The van der Waals surface area contributed by atoms with Crippen LogP contribution in [0.1, 0.15) is 18.5 Å². The number of nitrogens with zero attached hydrogens (tertiary/aromatic N) is 3. The number of imidazole rings is 1. The van der Waals surface area contributed by atoms with Crippen molar-refractivity contribution in [1.29, 1.82) is 0 Å². The Bertz CT molecular complexity index is 1060. The molecule has 6 heteroatoms. The Balaban J connectivity index is 1.61. The fourth-order valence-corrected chi connectivity index (χ4v) is 4.69. The number of nitrogens with one attached hydrogen (secondary N) is 1. The highest BCUT2D eigenvalue weighted by molar-refractivity contribution is 7.21. The van der Waals surface area contributed by atoms with E-state index in [-0.39, 0.29) is 6.10 Å². The highest BCUT2D eigenvalue weighted by Gasteiger charge is 2.18. The van der Waals surface area contributed by atoms with E-state index in [9.17, 15) is 0 Å². The minimum atomic E-state index is 0.269. The van der Waals surface area contributed by atoms with E-state index >= 15 is 0 Å². The first-order valence-electron chi connectivity index (χ1n) is 8.98. The van der Waals surface area contributed by atoms with Crippen LogP contribution in [0.25, 0.3) is 26.4 Å². The molecule has 1 aliphatic rings. The van der Waals surface area contributed by atoms with Crippen molar-refractivity contribution in [2.24, 2.45) is 0 Å². The molecule has 1 aliphatic heterocycles.